The molecule has 2 aliphatic rings. The van der Waals surface area contributed by atoms with Gasteiger partial charge < -0.3 is 9.64 Å². The highest BCUT2D eigenvalue weighted by atomic mass is 35.5. The van der Waals surface area contributed by atoms with Gasteiger partial charge in [0.2, 0.25) is 5.91 Å². The third-order valence-corrected chi connectivity index (χ3v) is 6.05. The number of thiazole rings is 1. The molecule has 1 atom stereocenters. The largest absolute Gasteiger partial charge is 0.368 e. The number of rotatable bonds is 4. The number of halogens is 1. The first kappa shape index (κ1) is 17.6. The highest BCUT2D eigenvalue weighted by molar-refractivity contribution is 7.15. The van der Waals surface area contributed by atoms with Crippen molar-refractivity contribution in [3.63, 3.8) is 0 Å². The van der Waals surface area contributed by atoms with Gasteiger partial charge in [-0.15, -0.1) is 11.6 Å². The summed E-state index contributed by atoms with van der Waals surface area (Å²) in [7, 11) is 0. The highest BCUT2D eigenvalue weighted by Crippen LogP contribution is 2.31. The van der Waals surface area contributed by atoms with Crippen LogP contribution in [0.25, 0.3) is 0 Å². The lowest BCUT2D eigenvalue weighted by Crippen LogP contribution is -2.44. The zero-order chi connectivity index (χ0) is 17.3. The van der Waals surface area contributed by atoms with Gasteiger partial charge >= 0.3 is 0 Å². The Hall–Kier alpha value is -1.18. The third kappa shape index (κ3) is 3.58. The molecule has 6 nitrogen and oxygen atoms in total. The number of fused-ring (bicyclic) bond motifs is 1. The minimum atomic E-state index is -0.569. The lowest BCUT2D eigenvalue weighted by atomic mass is 9.93. The monoisotopic (exact) mass is 371 g/mol. The molecule has 3 rings (SSSR count). The van der Waals surface area contributed by atoms with Crippen LogP contribution in [0.1, 0.15) is 37.3 Å². The molecule has 1 unspecified atom stereocenters. The predicted molar refractivity (Wildman–Crippen MR) is 93.3 cm³/mol. The van der Waals surface area contributed by atoms with E-state index in [1.807, 2.05) is 18.7 Å². The molecule has 0 radical (unpaired) electrons. The topological polar surface area (TPSA) is 71.5 Å². The van der Waals surface area contributed by atoms with E-state index in [4.69, 9.17) is 16.3 Å². The van der Waals surface area contributed by atoms with E-state index in [1.54, 1.807) is 0 Å². The van der Waals surface area contributed by atoms with Crippen LogP contribution >= 0.6 is 22.9 Å². The molecular weight excluding hydrogens is 350 g/mol. The number of hydrogen-bond acceptors (Lipinski definition) is 5. The number of hydrogen-bond donors (Lipinski definition) is 1. The average Bonchev–Trinajstić information content (AvgIpc) is 3.22. The van der Waals surface area contributed by atoms with Gasteiger partial charge in [0.15, 0.2) is 5.13 Å². The molecule has 1 aromatic rings. The predicted octanol–water partition coefficient (Wildman–Crippen LogP) is 2.41. The minimum Gasteiger partial charge on any atom is -0.368 e. The van der Waals surface area contributed by atoms with E-state index < -0.39 is 5.41 Å². The maximum absolute atomic E-state index is 12.6. The number of amides is 2. The smallest absolute Gasteiger partial charge is 0.255 e. The fourth-order valence-electron chi connectivity index (χ4n) is 2.88. The number of ether oxygens (including phenoxy) is 1. The number of carbonyl (C=O) groups is 2. The molecule has 0 bridgehead atoms. The molecule has 1 fully saturated rings. The van der Waals surface area contributed by atoms with Crippen molar-refractivity contribution in [3.05, 3.63) is 10.6 Å². The van der Waals surface area contributed by atoms with Gasteiger partial charge in [-0.2, -0.15) is 0 Å². The summed E-state index contributed by atoms with van der Waals surface area (Å²) >= 11 is 7.35. The summed E-state index contributed by atoms with van der Waals surface area (Å²) in [4.78, 5) is 32.0. The van der Waals surface area contributed by atoms with E-state index in [1.165, 1.54) is 11.3 Å². The van der Waals surface area contributed by atoms with E-state index in [0.29, 0.717) is 37.1 Å². The Morgan fingerprint density at radius 1 is 1.50 bits per heavy atom. The lowest BCUT2D eigenvalue weighted by molar-refractivity contribution is -0.140. The summed E-state index contributed by atoms with van der Waals surface area (Å²) < 4.78 is 5.39. The first-order valence-electron chi connectivity index (χ1n) is 8.17. The Bertz CT molecular complexity index is 641. The Labute approximate surface area is 150 Å². The molecule has 0 aromatic carbocycles. The third-order valence-electron chi connectivity index (χ3n) is 4.38. The molecular formula is C16H22ClN3O3S. The van der Waals surface area contributed by atoms with E-state index in [-0.39, 0.29) is 17.9 Å². The van der Waals surface area contributed by atoms with Gasteiger partial charge in [-0.3, -0.25) is 14.9 Å². The Morgan fingerprint density at radius 3 is 2.96 bits per heavy atom. The summed E-state index contributed by atoms with van der Waals surface area (Å²) in [5.74, 6) is 0.219. The van der Waals surface area contributed by atoms with Crippen LogP contribution in [0.15, 0.2) is 0 Å². The summed E-state index contributed by atoms with van der Waals surface area (Å²) in [6, 6.07) is 0. The molecule has 2 aliphatic heterocycles. The van der Waals surface area contributed by atoms with Crippen LogP contribution in [-0.2, 0) is 27.3 Å². The molecule has 1 aromatic heterocycles. The van der Waals surface area contributed by atoms with Crippen LogP contribution in [0.4, 0.5) is 5.13 Å². The van der Waals surface area contributed by atoms with Crippen molar-refractivity contribution in [1.82, 2.24) is 9.88 Å². The summed E-state index contributed by atoms with van der Waals surface area (Å²) in [6.45, 7) is 5.52. The van der Waals surface area contributed by atoms with E-state index in [0.717, 1.165) is 23.4 Å². The van der Waals surface area contributed by atoms with Gasteiger partial charge in [-0.25, -0.2) is 4.98 Å². The summed E-state index contributed by atoms with van der Waals surface area (Å²) in [6.07, 6.45) is 2.01. The fourth-order valence-corrected chi connectivity index (χ4v) is 4.02. The van der Waals surface area contributed by atoms with Crippen LogP contribution in [-0.4, -0.2) is 46.8 Å². The molecule has 1 N–H and O–H groups in total. The number of aromatic nitrogens is 1. The molecule has 0 spiro atoms. The van der Waals surface area contributed by atoms with Crippen molar-refractivity contribution < 1.29 is 14.3 Å². The maximum Gasteiger partial charge on any atom is 0.255 e. The molecule has 3 heterocycles. The number of alkyl halides is 1. The number of nitrogens with zero attached hydrogens (tertiary/aromatic N) is 2. The van der Waals surface area contributed by atoms with Crippen molar-refractivity contribution in [2.45, 2.75) is 45.8 Å². The van der Waals surface area contributed by atoms with E-state index in [2.05, 4.69) is 10.3 Å². The van der Waals surface area contributed by atoms with Crippen molar-refractivity contribution in [3.8, 4) is 0 Å². The second kappa shape index (κ2) is 6.98. The molecule has 2 amide bonds. The SMILES string of the molecule is CC(C)(CCl)C(=O)N1CCc2nc(NC(=O)C3CCCO3)sc2C1. The van der Waals surface area contributed by atoms with Gasteiger partial charge in [0.1, 0.15) is 6.10 Å². The average molecular weight is 372 g/mol. The van der Waals surface area contributed by atoms with Crippen LogP contribution < -0.4 is 5.32 Å². The highest BCUT2D eigenvalue weighted by Gasteiger charge is 2.34. The molecule has 0 aliphatic carbocycles. The van der Waals surface area contributed by atoms with Crippen LogP contribution in [0.2, 0.25) is 0 Å². The Morgan fingerprint density at radius 2 is 2.29 bits per heavy atom. The van der Waals surface area contributed by atoms with Gasteiger partial charge in [0, 0.05) is 30.3 Å². The number of carbonyl (C=O) groups excluding carboxylic acids is 2. The quantitative estimate of drug-likeness (QED) is 0.825. The number of nitrogens with one attached hydrogen (secondary N) is 1. The zero-order valence-electron chi connectivity index (χ0n) is 13.9. The number of anilines is 1. The second-order valence-corrected chi connectivity index (χ2v) is 8.22. The normalized spacial score (nSPS) is 20.8. The minimum absolute atomic E-state index is 0.0569. The van der Waals surface area contributed by atoms with Crippen molar-refractivity contribution in [2.75, 3.05) is 24.3 Å². The summed E-state index contributed by atoms with van der Waals surface area (Å²) in [5, 5.41) is 3.43. The Balaban J connectivity index is 1.66. The fraction of sp³-hybridized carbons (Fsp3) is 0.688. The summed E-state index contributed by atoms with van der Waals surface area (Å²) in [5.41, 5.74) is 0.399. The van der Waals surface area contributed by atoms with Crippen LogP contribution in [0, 0.1) is 5.41 Å². The van der Waals surface area contributed by atoms with Gasteiger partial charge in [-0.1, -0.05) is 11.3 Å². The van der Waals surface area contributed by atoms with Crippen molar-refractivity contribution in [2.24, 2.45) is 5.41 Å². The lowest BCUT2D eigenvalue weighted by Gasteiger charge is -2.32. The first-order chi connectivity index (χ1) is 11.4. The zero-order valence-corrected chi connectivity index (χ0v) is 15.5. The van der Waals surface area contributed by atoms with Crippen LogP contribution in [0.3, 0.4) is 0 Å². The second-order valence-electron chi connectivity index (χ2n) is 6.87. The molecule has 8 heteroatoms. The maximum atomic E-state index is 12.6. The Kier molecular flexibility index (Phi) is 5.13. The first-order valence-corrected chi connectivity index (χ1v) is 9.52. The van der Waals surface area contributed by atoms with Gasteiger partial charge in [0.25, 0.3) is 5.91 Å². The van der Waals surface area contributed by atoms with E-state index >= 15 is 0 Å². The van der Waals surface area contributed by atoms with Crippen LogP contribution in [0.5, 0.6) is 0 Å². The van der Waals surface area contributed by atoms with Gasteiger partial charge in [0.05, 0.1) is 17.7 Å². The van der Waals surface area contributed by atoms with Crippen molar-refractivity contribution >= 4 is 39.9 Å². The molecule has 0 saturated carbocycles. The molecule has 132 valence electrons. The molecule has 1 saturated heterocycles. The standard InChI is InChI=1S/C16H22ClN3O3S/c1-16(2,9-17)14(22)20-6-5-10-12(8-20)24-15(18-10)19-13(21)11-4-3-7-23-11/h11H,3-9H2,1-2H3,(H,18,19,21). The van der Waals surface area contributed by atoms with Gasteiger partial charge in [-0.05, 0) is 26.7 Å². The van der Waals surface area contributed by atoms with E-state index in [9.17, 15) is 9.59 Å². The van der Waals surface area contributed by atoms with Crippen molar-refractivity contribution in [1.29, 1.82) is 0 Å². The molecule has 24 heavy (non-hydrogen) atoms.